The van der Waals surface area contributed by atoms with Gasteiger partial charge in [0.1, 0.15) is 0 Å². The SMILES string of the molecule is CC1=C(C)CCCC(C(C)CNC=O)=C1. The molecule has 1 aliphatic carbocycles. The molecule has 0 aromatic heterocycles. The van der Waals surface area contributed by atoms with Crippen LogP contribution in [0.1, 0.15) is 40.0 Å². The van der Waals surface area contributed by atoms with Crippen molar-refractivity contribution >= 4 is 6.41 Å². The Morgan fingerprint density at radius 3 is 2.87 bits per heavy atom. The quantitative estimate of drug-likeness (QED) is 0.706. The number of amides is 1. The van der Waals surface area contributed by atoms with Crippen molar-refractivity contribution in [3.8, 4) is 0 Å². The molecule has 0 radical (unpaired) electrons. The molecule has 1 N–H and O–H groups in total. The van der Waals surface area contributed by atoms with Crippen molar-refractivity contribution in [2.24, 2.45) is 5.92 Å². The summed E-state index contributed by atoms with van der Waals surface area (Å²) in [6.45, 7) is 7.32. The molecule has 2 heteroatoms. The van der Waals surface area contributed by atoms with Gasteiger partial charge in [0.25, 0.3) is 0 Å². The van der Waals surface area contributed by atoms with E-state index < -0.39 is 0 Å². The average Bonchev–Trinajstić information content (AvgIpc) is 2.38. The van der Waals surface area contributed by atoms with Crippen LogP contribution in [0.4, 0.5) is 0 Å². The minimum atomic E-state index is 0.455. The second-order valence-electron chi connectivity index (χ2n) is 4.46. The Labute approximate surface area is 92.4 Å². The molecule has 0 heterocycles. The fourth-order valence-electron chi connectivity index (χ4n) is 1.97. The van der Waals surface area contributed by atoms with Gasteiger partial charge < -0.3 is 5.32 Å². The molecule has 0 aliphatic heterocycles. The summed E-state index contributed by atoms with van der Waals surface area (Å²) in [6, 6.07) is 0. The van der Waals surface area contributed by atoms with Crippen molar-refractivity contribution in [3.63, 3.8) is 0 Å². The summed E-state index contributed by atoms with van der Waals surface area (Å²) in [5.41, 5.74) is 4.37. The van der Waals surface area contributed by atoms with Crippen LogP contribution in [-0.4, -0.2) is 13.0 Å². The van der Waals surface area contributed by atoms with Crippen LogP contribution in [0.3, 0.4) is 0 Å². The molecule has 0 aromatic carbocycles. The van der Waals surface area contributed by atoms with Gasteiger partial charge in [0, 0.05) is 6.54 Å². The van der Waals surface area contributed by atoms with Crippen LogP contribution in [0.25, 0.3) is 0 Å². The van der Waals surface area contributed by atoms with Crippen LogP contribution in [0.15, 0.2) is 22.8 Å². The first-order valence-corrected chi connectivity index (χ1v) is 5.69. The van der Waals surface area contributed by atoms with Crippen molar-refractivity contribution in [2.75, 3.05) is 6.54 Å². The molecule has 0 fully saturated rings. The first-order chi connectivity index (χ1) is 7.15. The van der Waals surface area contributed by atoms with E-state index in [4.69, 9.17) is 0 Å². The maximum atomic E-state index is 10.2. The molecule has 1 rings (SSSR count). The van der Waals surface area contributed by atoms with E-state index in [2.05, 4.69) is 32.2 Å². The zero-order chi connectivity index (χ0) is 11.3. The third-order valence-electron chi connectivity index (χ3n) is 3.23. The molecule has 1 unspecified atom stereocenters. The van der Waals surface area contributed by atoms with Gasteiger partial charge in [-0.3, -0.25) is 4.79 Å². The molecule has 0 saturated carbocycles. The van der Waals surface area contributed by atoms with Crippen LogP contribution >= 0.6 is 0 Å². The molecule has 15 heavy (non-hydrogen) atoms. The lowest BCUT2D eigenvalue weighted by Gasteiger charge is -2.14. The summed E-state index contributed by atoms with van der Waals surface area (Å²) < 4.78 is 0. The van der Waals surface area contributed by atoms with E-state index in [0.717, 1.165) is 19.4 Å². The fourth-order valence-corrected chi connectivity index (χ4v) is 1.97. The normalized spacial score (nSPS) is 19.3. The molecule has 1 atom stereocenters. The van der Waals surface area contributed by atoms with Crippen molar-refractivity contribution in [2.45, 2.75) is 40.0 Å². The number of rotatable bonds is 4. The van der Waals surface area contributed by atoms with Gasteiger partial charge in [0.05, 0.1) is 0 Å². The molecule has 0 bridgehead atoms. The Balaban J connectivity index is 2.68. The van der Waals surface area contributed by atoms with E-state index in [1.807, 2.05) is 0 Å². The Morgan fingerprint density at radius 2 is 2.20 bits per heavy atom. The number of nitrogens with one attached hydrogen (secondary N) is 1. The van der Waals surface area contributed by atoms with Crippen molar-refractivity contribution in [3.05, 3.63) is 22.8 Å². The summed E-state index contributed by atoms with van der Waals surface area (Å²) >= 11 is 0. The third kappa shape index (κ3) is 3.54. The highest BCUT2D eigenvalue weighted by Gasteiger charge is 2.11. The topological polar surface area (TPSA) is 29.1 Å². The maximum absolute atomic E-state index is 10.2. The third-order valence-corrected chi connectivity index (χ3v) is 3.23. The summed E-state index contributed by atoms with van der Waals surface area (Å²) in [6.07, 6.45) is 6.69. The van der Waals surface area contributed by atoms with E-state index in [1.54, 1.807) is 0 Å². The highest BCUT2D eigenvalue weighted by Crippen LogP contribution is 2.26. The molecule has 84 valence electrons. The molecular formula is C13H21NO. The fraction of sp³-hybridized carbons (Fsp3) is 0.615. The highest BCUT2D eigenvalue weighted by molar-refractivity contribution is 5.46. The van der Waals surface area contributed by atoms with Crippen LogP contribution in [-0.2, 0) is 4.79 Å². The van der Waals surface area contributed by atoms with Crippen molar-refractivity contribution in [1.29, 1.82) is 0 Å². The van der Waals surface area contributed by atoms with Gasteiger partial charge in [-0.15, -0.1) is 0 Å². The Hall–Kier alpha value is -1.05. The lowest BCUT2D eigenvalue weighted by molar-refractivity contribution is -0.109. The molecule has 1 aliphatic rings. The predicted molar refractivity (Wildman–Crippen MR) is 63.5 cm³/mol. The summed E-state index contributed by atoms with van der Waals surface area (Å²) in [5, 5.41) is 2.75. The first-order valence-electron chi connectivity index (χ1n) is 5.69. The maximum Gasteiger partial charge on any atom is 0.207 e. The number of hydrogen-bond donors (Lipinski definition) is 1. The Bertz CT molecular complexity index is 289. The van der Waals surface area contributed by atoms with Gasteiger partial charge in [-0.05, 0) is 39.0 Å². The smallest absolute Gasteiger partial charge is 0.207 e. The molecule has 0 aromatic rings. The standard InChI is InChI=1S/C13H21NO/c1-10-5-4-6-13(7-11(10)2)12(3)8-14-9-15/h7,9,12H,4-6,8H2,1-3H3,(H,14,15). The largest absolute Gasteiger partial charge is 0.358 e. The van der Waals surface area contributed by atoms with Crippen LogP contribution < -0.4 is 5.32 Å². The first kappa shape index (κ1) is 12.0. The van der Waals surface area contributed by atoms with Crippen LogP contribution in [0, 0.1) is 5.92 Å². The molecular weight excluding hydrogens is 186 g/mol. The second kappa shape index (κ2) is 5.74. The van der Waals surface area contributed by atoms with Gasteiger partial charge in [-0.2, -0.15) is 0 Å². The van der Waals surface area contributed by atoms with Gasteiger partial charge >= 0.3 is 0 Å². The number of carbonyl (C=O) groups is 1. The van der Waals surface area contributed by atoms with Crippen LogP contribution in [0.5, 0.6) is 0 Å². The minimum Gasteiger partial charge on any atom is -0.358 e. The lowest BCUT2D eigenvalue weighted by Crippen LogP contribution is -2.20. The number of hydrogen-bond acceptors (Lipinski definition) is 1. The van der Waals surface area contributed by atoms with Gasteiger partial charge in [-0.1, -0.05) is 29.7 Å². The average molecular weight is 207 g/mol. The van der Waals surface area contributed by atoms with E-state index >= 15 is 0 Å². The van der Waals surface area contributed by atoms with E-state index in [0.29, 0.717) is 5.92 Å². The zero-order valence-electron chi connectivity index (χ0n) is 9.97. The highest BCUT2D eigenvalue weighted by atomic mass is 16.1. The Kier molecular flexibility index (Phi) is 4.60. The molecule has 0 saturated heterocycles. The minimum absolute atomic E-state index is 0.455. The summed E-state index contributed by atoms with van der Waals surface area (Å²) in [4.78, 5) is 10.2. The molecule has 2 nitrogen and oxygen atoms in total. The van der Waals surface area contributed by atoms with Gasteiger partial charge in [-0.25, -0.2) is 0 Å². The van der Waals surface area contributed by atoms with Crippen molar-refractivity contribution < 1.29 is 4.79 Å². The van der Waals surface area contributed by atoms with Crippen molar-refractivity contribution in [1.82, 2.24) is 5.32 Å². The van der Waals surface area contributed by atoms with Crippen LogP contribution in [0.2, 0.25) is 0 Å². The molecule has 0 spiro atoms. The lowest BCUT2D eigenvalue weighted by atomic mass is 9.96. The second-order valence-corrected chi connectivity index (χ2v) is 4.46. The Morgan fingerprint density at radius 1 is 1.47 bits per heavy atom. The van der Waals surface area contributed by atoms with E-state index in [9.17, 15) is 4.79 Å². The van der Waals surface area contributed by atoms with E-state index in [1.165, 1.54) is 29.6 Å². The zero-order valence-corrected chi connectivity index (χ0v) is 9.97. The monoisotopic (exact) mass is 207 g/mol. The predicted octanol–water partition coefficient (Wildman–Crippen LogP) is 2.82. The number of carbonyl (C=O) groups excluding carboxylic acids is 1. The summed E-state index contributed by atoms with van der Waals surface area (Å²) in [7, 11) is 0. The van der Waals surface area contributed by atoms with E-state index in [-0.39, 0.29) is 0 Å². The van der Waals surface area contributed by atoms with Gasteiger partial charge in [0.2, 0.25) is 6.41 Å². The summed E-state index contributed by atoms with van der Waals surface area (Å²) in [5.74, 6) is 0.455. The van der Waals surface area contributed by atoms with Gasteiger partial charge in [0.15, 0.2) is 0 Å². The molecule has 1 amide bonds. The number of allylic oxidation sites excluding steroid dienone is 3.